The van der Waals surface area contributed by atoms with Crippen LogP contribution < -0.4 is 10.9 Å². The first-order valence-electron chi connectivity index (χ1n) is 10.7. The van der Waals surface area contributed by atoms with E-state index in [0.717, 1.165) is 23.4 Å². The highest BCUT2D eigenvalue weighted by molar-refractivity contribution is 5.66. The molecule has 0 saturated heterocycles. The number of pyridine rings is 1. The molecule has 1 N–H and O–H groups in total. The van der Waals surface area contributed by atoms with E-state index in [1.165, 1.54) is 5.56 Å². The van der Waals surface area contributed by atoms with Crippen LogP contribution in [0.15, 0.2) is 70.4 Å². The number of rotatable bonds is 7. The average Bonchev–Trinajstić information content (AvgIpc) is 3.28. The summed E-state index contributed by atoms with van der Waals surface area (Å²) >= 11 is 0. The third-order valence-corrected chi connectivity index (χ3v) is 5.15. The number of nitrogens with one attached hydrogen (secondary N) is 1. The van der Waals surface area contributed by atoms with Gasteiger partial charge in [0.2, 0.25) is 0 Å². The van der Waals surface area contributed by atoms with E-state index >= 15 is 0 Å². The summed E-state index contributed by atoms with van der Waals surface area (Å²) < 4.78 is 7.24. The molecule has 0 unspecified atom stereocenters. The molecule has 164 valence electrons. The summed E-state index contributed by atoms with van der Waals surface area (Å²) in [6.07, 6.45) is 5.13. The van der Waals surface area contributed by atoms with Crippen molar-refractivity contribution in [3.05, 3.63) is 77.0 Å². The normalized spacial score (nSPS) is 11.4. The highest BCUT2D eigenvalue weighted by Crippen LogP contribution is 2.26. The van der Waals surface area contributed by atoms with Gasteiger partial charge in [-0.1, -0.05) is 43.3 Å². The molecule has 0 spiro atoms. The van der Waals surface area contributed by atoms with E-state index < -0.39 is 0 Å². The third kappa shape index (κ3) is 4.84. The van der Waals surface area contributed by atoms with Crippen molar-refractivity contribution in [2.45, 2.75) is 46.3 Å². The van der Waals surface area contributed by atoms with Crippen molar-refractivity contribution in [2.24, 2.45) is 0 Å². The first-order chi connectivity index (χ1) is 15.4. The number of hydrogen-bond acceptors (Lipinski definition) is 6. The predicted octanol–water partition coefficient (Wildman–Crippen LogP) is 4.71. The first-order valence-corrected chi connectivity index (χ1v) is 10.7. The number of aromatic nitrogens is 4. The SMILES string of the molecule is CC(C)NCc1ccc(-c2cc(-c3cncc(-c4ccc(=O)n(C(C)C)c4)n3)on2)cc1. The average molecular weight is 430 g/mol. The van der Waals surface area contributed by atoms with Gasteiger partial charge in [0.25, 0.3) is 5.56 Å². The smallest absolute Gasteiger partial charge is 0.250 e. The molecule has 3 aromatic heterocycles. The van der Waals surface area contributed by atoms with Crippen molar-refractivity contribution in [1.82, 2.24) is 25.0 Å². The molecule has 1 aromatic carbocycles. The Kier molecular flexibility index (Phi) is 6.28. The molecule has 0 radical (unpaired) electrons. The lowest BCUT2D eigenvalue weighted by Gasteiger charge is -2.11. The molecule has 0 atom stereocenters. The summed E-state index contributed by atoms with van der Waals surface area (Å²) in [6, 6.07) is 13.9. The van der Waals surface area contributed by atoms with Gasteiger partial charge in [-0.05, 0) is 25.5 Å². The molecule has 0 aliphatic carbocycles. The summed E-state index contributed by atoms with van der Waals surface area (Å²) in [4.78, 5) is 21.1. The van der Waals surface area contributed by atoms with E-state index in [9.17, 15) is 4.79 Å². The van der Waals surface area contributed by atoms with Crippen molar-refractivity contribution >= 4 is 0 Å². The quantitative estimate of drug-likeness (QED) is 0.458. The van der Waals surface area contributed by atoms with E-state index in [2.05, 4.69) is 46.4 Å². The van der Waals surface area contributed by atoms with Gasteiger partial charge in [-0.3, -0.25) is 9.78 Å². The second kappa shape index (κ2) is 9.28. The summed E-state index contributed by atoms with van der Waals surface area (Å²) in [5.74, 6) is 0.539. The fourth-order valence-corrected chi connectivity index (χ4v) is 3.33. The Morgan fingerprint density at radius 1 is 0.938 bits per heavy atom. The van der Waals surface area contributed by atoms with Crippen LogP contribution in [0, 0.1) is 0 Å². The van der Waals surface area contributed by atoms with Crippen LogP contribution in [0.1, 0.15) is 39.3 Å². The summed E-state index contributed by atoms with van der Waals surface area (Å²) in [6.45, 7) is 9.02. The standard InChI is InChI=1S/C25H27N5O2/c1-16(2)27-12-18-5-7-19(8-6-18)21-11-24(32-29-21)23-14-26-13-22(28-23)20-9-10-25(31)30(15-20)17(3)4/h5-11,13-17,27H,12H2,1-4H3. The van der Waals surface area contributed by atoms with Crippen LogP contribution in [-0.4, -0.2) is 25.7 Å². The van der Waals surface area contributed by atoms with Gasteiger partial charge < -0.3 is 14.4 Å². The Morgan fingerprint density at radius 3 is 2.38 bits per heavy atom. The van der Waals surface area contributed by atoms with Crippen molar-refractivity contribution in [1.29, 1.82) is 0 Å². The second-order valence-electron chi connectivity index (χ2n) is 8.36. The molecular formula is C25H27N5O2. The summed E-state index contributed by atoms with van der Waals surface area (Å²) in [5, 5.41) is 7.62. The minimum Gasteiger partial charge on any atom is -0.354 e. The Hall–Kier alpha value is -3.58. The van der Waals surface area contributed by atoms with Crippen LogP contribution in [0.2, 0.25) is 0 Å². The third-order valence-electron chi connectivity index (χ3n) is 5.15. The zero-order chi connectivity index (χ0) is 22.7. The fraction of sp³-hybridized carbons (Fsp3) is 0.280. The molecule has 7 nitrogen and oxygen atoms in total. The molecule has 32 heavy (non-hydrogen) atoms. The van der Waals surface area contributed by atoms with E-state index in [1.807, 2.05) is 38.2 Å². The Bertz CT molecular complexity index is 1260. The molecule has 4 rings (SSSR count). The van der Waals surface area contributed by atoms with Crippen LogP contribution in [0.25, 0.3) is 34.0 Å². The molecule has 0 aliphatic rings. The minimum absolute atomic E-state index is 0.0428. The molecule has 7 heteroatoms. The first kappa shape index (κ1) is 21.6. The molecular weight excluding hydrogens is 402 g/mol. The van der Waals surface area contributed by atoms with Crippen molar-refractivity contribution < 1.29 is 4.52 Å². The molecule has 4 aromatic rings. The zero-order valence-electron chi connectivity index (χ0n) is 18.7. The number of hydrogen-bond donors (Lipinski definition) is 1. The van der Waals surface area contributed by atoms with Gasteiger partial charge in [-0.25, -0.2) is 4.98 Å². The van der Waals surface area contributed by atoms with Gasteiger partial charge >= 0.3 is 0 Å². The van der Waals surface area contributed by atoms with Crippen LogP contribution in [0.3, 0.4) is 0 Å². The van der Waals surface area contributed by atoms with Crippen LogP contribution in [-0.2, 0) is 6.54 Å². The molecule has 0 aliphatic heterocycles. The van der Waals surface area contributed by atoms with E-state index in [-0.39, 0.29) is 11.6 Å². The van der Waals surface area contributed by atoms with Gasteiger partial charge in [0, 0.05) is 48.1 Å². The number of nitrogens with zero attached hydrogens (tertiary/aromatic N) is 4. The summed E-state index contributed by atoms with van der Waals surface area (Å²) in [7, 11) is 0. The van der Waals surface area contributed by atoms with Crippen molar-refractivity contribution in [3.8, 4) is 34.0 Å². The highest BCUT2D eigenvalue weighted by atomic mass is 16.5. The molecule has 0 bridgehead atoms. The van der Waals surface area contributed by atoms with Crippen molar-refractivity contribution in [2.75, 3.05) is 0 Å². The monoisotopic (exact) mass is 429 g/mol. The van der Waals surface area contributed by atoms with Gasteiger partial charge in [0.15, 0.2) is 5.76 Å². The Morgan fingerprint density at radius 2 is 1.66 bits per heavy atom. The number of benzene rings is 1. The van der Waals surface area contributed by atoms with Crippen LogP contribution >= 0.6 is 0 Å². The molecule has 0 amide bonds. The Balaban J connectivity index is 1.58. The maximum absolute atomic E-state index is 12.1. The maximum atomic E-state index is 12.1. The van der Waals surface area contributed by atoms with Crippen LogP contribution in [0.4, 0.5) is 0 Å². The topological polar surface area (TPSA) is 85.8 Å². The summed E-state index contributed by atoms with van der Waals surface area (Å²) in [5.41, 5.74) is 4.95. The van der Waals surface area contributed by atoms with Gasteiger partial charge in [0.1, 0.15) is 11.4 Å². The minimum atomic E-state index is -0.0428. The van der Waals surface area contributed by atoms with Gasteiger partial charge in [-0.2, -0.15) is 0 Å². The lowest BCUT2D eigenvalue weighted by molar-refractivity contribution is 0.433. The molecule has 0 saturated carbocycles. The van der Waals surface area contributed by atoms with Crippen LogP contribution in [0.5, 0.6) is 0 Å². The van der Waals surface area contributed by atoms with E-state index in [4.69, 9.17) is 4.52 Å². The van der Waals surface area contributed by atoms with E-state index in [0.29, 0.717) is 23.2 Å². The predicted molar refractivity (Wildman–Crippen MR) is 125 cm³/mol. The lowest BCUT2D eigenvalue weighted by atomic mass is 10.1. The van der Waals surface area contributed by atoms with Crippen molar-refractivity contribution in [3.63, 3.8) is 0 Å². The van der Waals surface area contributed by atoms with Gasteiger partial charge in [-0.15, -0.1) is 0 Å². The van der Waals surface area contributed by atoms with Gasteiger partial charge in [0.05, 0.1) is 18.1 Å². The zero-order valence-corrected chi connectivity index (χ0v) is 18.7. The van der Waals surface area contributed by atoms with E-state index in [1.54, 1.807) is 29.1 Å². The Labute approximate surface area is 187 Å². The molecule has 0 fully saturated rings. The lowest BCUT2D eigenvalue weighted by Crippen LogP contribution is -2.21. The highest BCUT2D eigenvalue weighted by Gasteiger charge is 2.13. The largest absolute Gasteiger partial charge is 0.354 e. The maximum Gasteiger partial charge on any atom is 0.250 e. The molecule has 3 heterocycles. The fourth-order valence-electron chi connectivity index (χ4n) is 3.33. The second-order valence-corrected chi connectivity index (χ2v) is 8.36.